The Labute approximate surface area is 127 Å². The quantitative estimate of drug-likeness (QED) is 0.312. The molecule has 0 rings (SSSR count). The molecular formula is C12H22N2O8. The van der Waals surface area contributed by atoms with Crippen molar-refractivity contribution in [3.63, 3.8) is 0 Å². The van der Waals surface area contributed by atoms with Gasteiger partial charge in [-0.25, -0.2) is 0 Å². The molecular weight excluding hydrogens is 300 g/mol. The lowest BCUT2D eigenvalue weighted by molar-refractivity contribution is -0.480. The standard InChI is InChI=1S/2C6H11NO4/c2*8-6(9)4-2-1-3-5-7(10)11/h2*1-5H2,(H,8,9). The Kier molecular flexibility index (Phi) is 15.2. The minimum atomic E-state index is -0.842. The molecule has 0 unspecified atom stereocenters. The van der Waals surface area contributed by atoms with E-state index in [9.17, 15) is 29.8 Å². The molecule has 0 aromatic heterocycles. The number of aliphatic carboxylic acids is 2. The maximum atomic E-state index is 9.96. The fraction of sp³-hybridized carbons (Fsp3) is 0.833. The van der Waals surface area contributed by atoms with Crippen LogP contribution < -0.4 is 0 Å². The number of carboxylic acids is 2. The summed E-state index contributed by atoms with van der Waals surface area (Å²) in [6, 6.07) is 0. The van der Waals surface area contributed by atoms with Crippen LogP contribution in [0.5, 0.6) is 0 Å². The van der Waals surface area contributed by atoms with Gasteiger partial charge in [-0.3, -0.25) is 29.8 Å². The second-order valence-electron chi connectivity index (χ2n) is 4.52. The first-order chi connectivity index (χ1) is 10.3. The van der Waals surface area contributed by atoms with Crippen LogP contribution in [0, 0.1) is 20.2 Å². The van der Waals surface area contributed by atoms with E-state index in [1.807, 2.05) is 0 Å². The molecule has 0 fully saturated rings. The molecule has 0 radical (unpaired) electrons. The predicted octanol–water partition coefficient (Wildman–Crippen LogP) is 1.82. The summed E-state index contributed by atoms with van der Waals surface area (Å²) in [5.74, 6) is -1.68. The third-order valence-electron chi connectivity index (χ3n) is 2.46. The van der Waals surface area contributed by atoms with Crippen LogP contribution in [-0.2, 0) is 9.59 Å². The molecule has 22 heavy (non-hydrogen) atoms. The highest BCUT2D eigenvalue weighted by atomic mass is 16.6. The van der Waals surface area contributed by atoms with Crippen LogP contribution in [0.4, 0.5) is 0 Å². The van der Waals surface area contributed by atoms with Crippen LogP contribution in [0.15, 0.2) is 0 Å². The second-order valence-corrected chi connectivity index (χ2v) is 4.52. The van der Waals surface area contributed by atoms with Crippen LogP contribution in [0.1, 0.15) is 51.4 Å². The number of nitro groups is 2. The van der Waals surface area contributed by atoms with E-state index < -0.39 is 11.9 Å². The van der Waals surface area contributed by atoms with Crippen molar-refractivity contribution in [3.05, 3.63) is 20.2 Å². The van der Waals surface area contributed by atoms with Crippen molar-refractivity contribution in [3.8, 4) is 0 Å². The topological polar surface area (TPSA) is 161 Å². The van der Waals surface area contributed by atoms with E-state index in [1.165, 1.54) is 0 Å². The van der Waals surface area contributed by atoms with Gasteiger partial charge >= 0.3 is 11.9 Å². The summed E-state index contributed by atoms with van der Waals surface area (Å²) >= 11 is 0. The van der Waals surface area contributed by atoms with Crippen molar-refractivity contribution >= 4 is 11.9 Å². The summed E-state index contributed by atoms with van der Waals surface area (Å²) in [6.45, 7) is -0.112. The number of carbonyl (C=O) groups is 2. The number of rotatable bonds is 12. The number of nitrogens with zero attached hydrogens (tertiary/aromatic N) is 2. The van der Waals surface area contributed by atoms with E-state index in [4.69, 9.17) is 10.2 Å². The normalized spacial score (nSPS) is 9.45. The van der Waals surface area contributed by atoms with Gasteiger partial charge in [0.1, 0.15) is 0 Å². The van der Waals surface area contributed by atoms with Crippen molar-refractivity contribution in [2.75, 3.05) is 13.1 Å². The molecule has 2 N–H and O–H groups in total. The predicted molar refractivity (Wildman–Crippen MR) is 75.9 cm³/mol. The first-order valence-electron chi connectivity index (χ1n) is 6.93. The molecule has 0 amide bonds. The molecule has 128 valence electrons. The fourth-order valence-corrected chi connectivity index (χ4v) is 1.39. The SMILES string of the molecule is O=C(O)CCCCC[N+](=O)[O-].O=C(O)CCCCC[N+](=O)[O-]. The van der Waals surface area contributed by atoms with Crippen molar-refractivity contribution in [2.24, 2.45) is 0 Å². The summed E-state index contributed by atoms with van der Waals surface area (Å²) in [7, 11) is 0. The highest BCUT2D eigenvalue weighted by molar-refractivity contribution is 5.66. The smallest absolute Gasteiger partial charge is 0.303 e. The van der Waals surface area contributed by atoms with Gasteiger partial charge in [-0.05, 0) is 25.7 Å². The van der Waals surface area contributed by atoms with Crippen LogP contribution in [0.3, 0.4) is 0 Å². The van der Waals surface area contributed by atoms with Gasteiger partial charge < -0.3 is 10.2 Å². The van der Waals surface area contributed by atoms with Crippen molar-refractivity contribution in [2.45, 2.75) is 51.4 Å². The van der Waals surface area contributed by atoms with E-state index in [0.29, 0.717) is 38.5 Å². The van der Waals surface area contributed by atoms with Gasteiger partial charge in [0, 0.05) is 35.5 Å². The Morgan fingerprint density at radius 3 is 1.23 bits per heavy atom. The maximum Gasteiger partial charge on any atom is 0.303 e. The summed E-state index contributed by atoms with van der Waals surface area (Å²) in [4.78, 5) is 38.7. The largest absolute Gasteiger partial charge is 0.481 e. The third kappa shape index (κ3) is 26.3. The average Bonchev–Trinajstić information content (AvgIpc) is 2.37. The average molecular weight is 322 g/mol. The summed E-state index contributed by atoms with van der Waals surface area (Å²) < 4.78 is 0. The highest BCUT2D eigenvalue weighted by Crippen LogP contribution is 1.99. The Balaban J connectivity index is 0. The van der Waals surface area contributed by atoms with Crippen molar-refractivity contribution in [1.29, 1.82) is 0 Å². The molecule has 0 saturated carbocycles. The highest BCUT2D eigenvalue weighted by Gasteiger charge is 2.00. The Hall–Kier alpha value is -2.26. The Morgan fingerprint density at radius 2 is 1.00 bits per heavy atom. The third-order valence-corrected chi connectivity index (χ3v) is 2.46. The molecule has 0 aliphatic carbocycles. The van der Waals surface area contributed by atoms with Gasteiger partial charge in [-0.1, -0.05) is 0 Å². The molecule has 0 atom stereocenters. The number of hydrogen-bond acceptors (Lipinski definition) is 6. The van der Waals surface area contributed by atoms with Gasteiger partial charge in [0.2, 0.25) is 13.1 Å². The lowest BCUT2D eigenvalue weighted by atomic mass is 10.2. The van der Waals surface area contributed by atoms with Gasteiger partial charge in [-0.15, -0.1) is 0 Å². The Morgan fingerprint density at radius 1 is 0.682 bits per heavy atom. The van der Waals surface area contributed by atoms with Gasteiger partial charge in [0.05, 0.1) is 0 Å². The zero-order valence-corrected chi connectivity index (χ0v) is 12.3. The molecule has 0 heterocycles. The minimum Gasteiger partial charge on any atom is -0.481 e. The van der Waals surface area contributed by atoms with Crippen LogP contribution in [0.25, 0.3) is 0 Å². The van der Waals surface area contributed by atoms with Crippen molar-refractivity contribution in [1.82, 2.24) is 0 Å². The van der Waals surface area contributed by atoms with Crippen LogP contribution >= 0.6 is 0 Å². The lowest BCUT2D eigenvalue weighted by Crippen LogP contribution is -2.01. The molecule has 10 heteroatoms. The molecule has 0 bridgehead atoms. The Bertz CT molecular complexity index is 293. The molecule has 0 spiro atoms. The molecule has 0 aromatic rings. The number of unbranched alkanes of at least 4 members (excludes halogenated alkanes) is 4. The zero-order valence-electron chi connectivity index (χ0n) is 12.3. The van der Waals surface area contributed by atoms with Crippen LogP contribution in [0.2, 0.25) is 0 Å². The van der Waals surface area contributed by atoms with Crippen LogP contribution in [-0.4, -0.2) is 45.1 Å². The van der Waals surface area contributed by atoms with Gasteiger partial charge in [0.25, 0.3) is 0 Å². The molecule has 0 aromatic carbocycles. The van der Waals surface area contributed by atoms with Gasteiger partial charge in [-0.2, -0.15) is 0 Å². The molecule has 0 saturated heterocycles. The second kappa shape index (κ2) is 15.1. The van der Waals surface area contributed by atoms with Crippen molar-refractivity contribution < 1.29 is 29.6 Å². The summed E-state index contributed by atoms with van der Waals surface area (Å²) in [6.07, 6.45) is 3.46. The molecule has 0 aliphatic heterocycles. The first kappa shape index (κ1) is 22.0. The minimum absolute atomic E-state index is 0.0559. The van der Waals surface area contributed by atoms with E-state index in [1.54, 1.807) is 0 Å². The number of hydrogen-bond donors (Lipinski definition) is 2. The van der Waals surface area contributed by atoms with E-state index in [0.717, 1.165) is 0 Å². The first-order valence-corrected chi connectivity index (χ1v) is 6.93. The van der Waals surface area contributed by atoms with E-state index >= 15 is 0 Å². The van der Waals surface area contributed by atoms with Gasteiger partial charge in [0.15, 0.2) is 0 Å². The maximum absolute atomic E-state index is 9.96. The summed E-state index contributed by atoms with van der Waals surface area (Å²) in [5.41, 5.74) is 0. The summed E-state index contributed by atoms with van der Waals surface area (Å²) in [5, 5.41) is 35.9. The fourth-order valence-electron chi connectivity index (χ4n) is 1.39. The number of carboxylic acid groups (broad SMARTS) is 2. The van der Waals surface area contributed by atoms with E-state index in [-0.39, 0.29) is 35.8 Å². The van der Waals surface area contributed by atoms with E-state index in [2.05, 4.69) is 0 Å². The zero-order chi connectivity index (χ0) is 17.4. The monoisotopic (exact) mass is 322 g/mol. The lowest BCUT2D eigenvalue weighted by Gasteiger charge is -1.93. The molecule has 10 nitrogen and oxygen atoms in total. The molecule has 0 aliphatic rings.